The largest absolute Gasteiger partial charge is 0.494 e. The Balaban J connectivity index is 0.00000225. The number of nitrogens with two attached hydrogens (primary N) is 1. The minimum Gasteiger partial charge on any atom is -0.494 e. The molecule has 0 bridgehead atoms. The van der Waals surface area contributed by atoms with Crippen molar-refractivity contribution in [2.75, 3.05) is 13.2 Å². The van der Waals surface area contributed by atoms with E-state index in [-0.39, 0.29) is 12.4 Å². The molecule has 16 heavy (non-hydrogen) atoms. The van der Waals surface area contributed by atoms with Gasteiger partial charge in [0, 0.05) is 5.02 Å². The first-order chi connectivity index (χ1) is 7.33. The summed E-state index contributed by atoms with van der Waals surface area (Å²) < 4.78 is 5.55. The maximum absolute atomic E-state index is 5.76. The Kier molecular flexibility index (Phi) is 9.49. The number of hydrogen-bond acceptors (Lipinski definition) is 2. The third-order valence-corrected chi connectivity index (χ3v) is 2.43. The van der Waals surface area contributed by atoms with Crippen molar-refractivity contribution in [1.82, 2.24) is 0 Å². The van der Waals surface area contributed by atoms with Crippen molar-refractivity contribution in [3.8, 4) is 5.75 Å². The van der Waals surface area contributed by atoms with E-state index >= 15 is 0 Å². The summed E-state index contributed by atoms with van der Waals surface area (Å²) in [4.78, 5) is 0. The predicted molar refractivity (Wildman–Crippen MR) is 71.7 cm³/mol. The van der Waals surface area contributed by atoms with E-state index in [0.29, 0.717) is 0 Å². The molecule has 0 spiro atoms. The summed E-state index contributed by atoms with van der Waals surface area (Å²) in [7, 11) is 0. The minimum atomic E-state index is 0. The van der Waals surface area contributed by atoms with Gasteiger partial charge >= 0.3 is 0 Å². The molecule has 1 aromatic carbocycles. The second-order valence-electron chi connectivity index (χ2n) is 3.51. The molecule has 0 saturated carbocycles. The second-order valence-corrected chi connectivity index (χ2v) is 3.94. The van der Waals surface area contributed by atoms with Crippen LogP contribution in [0.15, 0.2) is 24.3 Å². The fourth-order valence-corrected chi connectivity index (χ4v) is 1.45. The second kappa shape index (κ2) is 9.76. The molecule has 0 aliphatic heterocycles. The lowest BCUT2D eigenvalue weighted by atomic mass is 10.2. The first-order valence-electron chi connectivity index (χ1n) is 5.41. The van der Waals surface area contributed by atoms with Crippen LogP contribution in [0.2, 0.25) is 5.02 Å². The normalized spacial score (nSPS) is 9.62. The molecule has 0 unspecified atom stereocenters. The van der Waals surface area contributed by atoms with E-state index in [2.05, 4.69) is 0 Å². The van der Waals surface area contributed by atoms with E-state index in [1.54, 1.807) is 0 Å². The molecule has 2 nitrogen and oxygen atoms in total. The predicted octanol–water partition coefficient (Wildman–Crippen LogP) is 3.66. The molecule has 0 saturated heterocycles. The molecule has 2 N–H and O–H groups in total. The molecule has 92 valence electrons. The lowest BCUT2D eigenvalue weighted by molar-refractivity contribution is 0.305. The molecule has 0 fully saturated rings. The molecule has 1 rings (SSSR count). The SMILES string of the molecule is Cl.NCCCCCCOc1ccc(Cl)cc1. The maximum atomic E-state index is 5.76. The Bertz CT molecular complexity index is 264. The highest BCUT2D eigenvalue weighted by Gasteiger charge is 1.93. The van der Waals surface area contributed by atoms with Crippen molar-refractivity contribution in [2.45, 2.75) is 25.7 Å². The summed E-state index contributed by atoms with van der Waals surface area (Å²) >= 11 is 5.76. The molecule has 0 aromatic heterocycles. The number of hydrogen-bond donors (Lipinski definition) is 1. The third kappa shape index (κ3) is 6.94. The number of halogens is 2. The molecule has 0 radical (unpaired) electrons. The van der Waals surface area contributed by atoms with Gasteiger partial charge < -0.3 is 10.5 Å². The van der Waals surface area contributed by atoms with Gasteiger partial charge in [-0.25, -0.2) is 0 Å². The van der Waals surface area contributed by atoms with Gasteiger partial charge in [0.05, 0.1) is 6.61 Å². The first kappa shape index (κ1) is 15.6. The highest BCUT2D eigenvalue weighted by molar-refractivity contribution is 6.30. The van der Waals surface area contributed by atoms with Crippen molar-refractivity contribution < 1.29 is 4.74 Å². The van der Waals surface area contributed by atoms with Crippen molar-refractivity contribution >= 4 is 24.0 Å². The van der Waals surface area contributed by atoms with Gasteiger partial charge in [-0.2, -0.15) is 0 Å². The average molecular weight is 264 g/mol. The van der Waals surface area contributed by atoms with Gasteiger partial charge in [-0.15, -0.1) is 12.4 Å². The standard InChI is InChI=1S/C12H18ClNO.ClH/c13-11-5-7-12(8-6-11)15-10-4-2-1-3-9-14;/h5-8H,1-4,9-10,14H2;1H. The molecule has 0 heterocycles. The van der Waals surface area contributed by atoms with Gasteiger partial charge in [-0.05, 0) is 43.7 Å². The van der Waals surface area contributed by atoms with Gasteiger partial charge in [0.15, 0.2) is 0 Å². The molecule has 1 aromatic rings. The van der Waals surface area contributed by atoms with E-state index in [0.717, 1.165) is 36.8 Å². The molecule has 0 aliphatic carbocycles. The molecule has 0 atom stereocenters. The topological polar surface area (TPSA) is 35.2 Å². The van der Waals surface area contributed by atoms with Crippen LogP contribution in [-0.2, 0) is 0 Å². The number of ether oxygens (including phenoxy) is 1. The number of benzene rings is 1. The molecular formula is C12H19Cl2NO. The van der Waals surface area contributed by atoms with E-state index in [4.69, 9.17) is 22.1 Å². The Morgan fingerprint density at radius 1 is 1.00 bits per heavy atom. The summed E-state index contributed by atoms with van der Waals surface area (Å²) in [6, 6.07) is 7.46. The summed E-state index contributed by atoms with van der Waals surface area (Å²) in [6.45, 7) is 1.56. The van der Waals surface area contributed by atoms with Crippen LogP contribution >= 0.6 is 24.0 Å². The maximum Gasteiger partial charge on any atom is 0.119 e. The Hall–Kier alpha value is -0.440. The van der Waals surface area contributed by atoms with Crippen LogP contribution in [0.1, 0.15) is 25.7 Å². The highest BCUT2D eigenvalue weighted by atomic mass is 35.5. The van der Waals surface area contributed by atoms with Crippen LogP contribution in [0.5, 0.6) is 5.75 Å². The van der Waals surface area contributed by atoms with Crippen LogP contribution < -0.4 is 10.5 Å². The Morgan fingerprint density at radius 3 is 2.25 bits per heavy atom. The molecule has 0 aliphatic rings. The Labute approximate surface area is 109 Å². The molecular weight excluding hydrogens is 245 g/mol. The number of unbranched alkanes of at least 4 members (excludes halogenated alkanes) is 3. The first-order valence-corrected chi connectivity index (χ1v) is 5.79. The van der Waals surface area contributed by atoms with Gasteiger partial charge in [-0.3, -0.25) is 0 Å². The zero-order chi connectivity index (χ0) is 10.9. The van der Waals surface area contributed by atoms with Crippen LogP contribution in [0.3, 0.4) is 0 Å². The van der Waals surface area contributed by atoms with E-state index in [1.165, 1.54) is 12.8 Å². The highest BCUT2D eigenvalue weighted by Crippen LogP contribution is 2.15. The lowest BCUT2D eigenvalue weighted by Gasteiger charge is -2.05. The quantitative estimate of drug-likeness (QED) is 0.763. The lowest BCUT2D eigenvalue weighted by Crippen LogP contribution is -2.00. The summed E-state index contributed by atoms with van der Waals surface area (Å²) in [5.41, 5.74) is 5.40. The van der Waals surface area contributed by atoms with E-state index in [9.17, 15) is 0 Å². The van der Waals surface area contributed by atoms with Crippen molar-refractivity contribution in [3.63, 3.8) is 0 Å². The van der Waals surface area contributed by atoms with Gasteiger partial charge in [-0.1, -0.05) is 24.4 Å². The van der Waals surface area contributed by atoms with E-state index in [1.807, 2.05) is 24.3 Å². The summed E-state index contributed by atoms with van der Waals surface area (Å²) in [6.07, 6.45) is 4.58. The van der Waals surface area contributed by atoms with Crippen molar-refractivity contribution in [3.05, 3.63) is 29.3 Å². The van der Waals surface area contributed by atoms with Gasteiger partial charge in [0.25, 0.3) is 0 Å². The monoisotopic (exact) mass is 263 g/mol. The van der Waals surface area contributed by atoms with Crippen LogP contribution in [0, 0.1) is 0 Å². The summed E-state index contributed by atoms with van der Waals surface area (Å²) in [5.74, 6) is 0.887. The Morgan fingerprint density at radius 2 is 1.62 bits per heavy atom. The fourth-order valence-electron chi connectivity index (χ4n) is 1.32. The molecule has 0 amide bonds. The van der Waals surface area contributed by atoms with Gasteiger partial charge in [0.1, 0.15) is 5.75 Å². The van der Waals surface area contributed by atoms with E-state index < -0.39 is 0 Å². The van der Waals surface area contributed by atoms with Gasteiger partial charge in [0.2, 0.25) is 0 Å². The smallest absolute Gasteiger partial charge is 0.119 e. The van der Waals surface area contributed by atoms with Crippen LogP contribution in [-0.4, -0.2) is 13.2 Å². The zero-order valence-electron chi connectivity index (χ0n) is 9.32. The van der Waals surface area contributed by atoms with Crippen molar-refractivity contribution in [1.29, 1.82) is 0 Å². The van der Waals surface area contributed by atoms with Crippen LogP contribution in [0.4, 0.5) is 0 Å². The fraction of sp³-hybridized carbons (Fsp3) is 0.500. The average Bonchev–Trinajstić information content (AvgIpc) is 2.26. The summed E-state index contributed by atoms with van der Waals surface area (Å²) in [5, 5.41) is 0.741. The van der Waals surface area contributed by atoms with Crippen molar-refractivity contribution in [2.24, 2.45) is 5.73 Å². The number of rotatable bonds is 7. The van der Waals surface area contributed by atoms with Crippen LogP contribution in [0.25, 0.3) is 0 Å². The molecule has 4 heteroatoms. The third-order valence-electron chi connectivity index (χ3n) is 2.18. The minimum absolute atomic E-state index is 0. The zero-order valence-corrected chi connectivity index (χ0v) is 10.9.